The van der Waals surface area contributed by atoms with Gasteiger partial charge in [-0.15, -0.1) is 0 Å². The normalized spacial score (nSPS) is 14.1. The fourth-order valence-corrected chi connectivity index (χ4v) is 4.17. The van der Waals surface area contributed by atoms with Crippen molar-refractivity contribution in [3.05, 3.63) is 63.5 Å². The maximum Gasteiger partial charge on any atom is 0.339 e. The number of rotatable bonds is 11. The number of carbonyl (C=O) groups is 5. The molecule has 2 aromatic carbocycles. The van der Waals surface area contributed by atoms with Gasteiger partial charge in [0.25, 0.3) is 17.1 Å². The van der Waals surface area contributed by atoms with Crippen LogP contribution in [0.25, 0.3) is 6.08 Å². The standard InChI is InChI=1S/C25H24ClN3O7S/c1-2-3-10-35-24(33)17-12-16(8-9-18(17)26)28-22(31)13-29-23(32)20(37-25(29)34)11-15-6-4-5-7-19(15)36-14-21(27)30/h4-9,11-12H,2-3,10,13-14H2,1H3,(H2,27,30)(H,28,31)/b20-11+. The van der Waals surface area contributed by atoms with Gasteiger partial charge in [0.15, 0.2) is 6.61 Å². The zero-order valence-corrected chi connectivity index (χ0v) is 21.4. The molecule has 1 saturated heterocycles. The molecule has 0 bridgehead atoms. The maximum atomic E-state index is 12.8. The van der Waals surface area contributed by atoms with E-state index in [-0.39, 0.29) is 34.4 Å². The molecule has 0 radical (unpaired) electrons. The molecule has 0 saturated carbocycles. The number of amides is 4. The van der Waals surface area contributed by atoms with Crippen LogP contribution in [-0.2, 0) is 19.1 Å². The highest BCUT2D eigenvalue weighted by Crippen LogP contribution is 2.34. The molecule has 0 spiro atoms. The Morgan fingerprint density at radius 1 is 1.16 bits per heavy atom. The lowest BCUT2D eigenvalue weighted by Crippen LogP contribution is -2.36. The second-order valence-electron chi connectivity index (χ2n) is 7.79. The third kappa shape index (κ3) is 7.58. The quantitative estimate of drug-likeness (QED) is 0.246. The Hall–Kier alpha value is -3.83. The minimum Gasteiger partial charge on any atom is -0.483 e. The molecule has 4 amide bonds. The summed E-state index contributed by atoms with van der Waals surface area (Å²) in [4.78, 5) is 62.1. The molecular weight excluding hydrogens is 522 g/mol. The average molecular weight is 546 g/mol. The number of nitrogens with zero attached hydrogens (tertiary/aromatic N) is 1. The predicted molar refractivity (Wildman–Crippen MR) is 139 cm³/mol. The van der Waals surface area contributed by atoms with Gasteiger partial charge in [0.1, 0.15) is 12.3 Å². The van der Waals surface area contributed by atoms with E-state index in [1.54, 1.807) is 24.3 Å². The number of thioether (sulfide) groups is 1. The van der Waals surface area contributed by atoms with Crippen molar-refractivity contribution in [2.75, 3.05) is 25.1 Å². The monoisotopic (exact) mass is 545 g/mol. The summed E-state index contributed by atoms with van der Waals surface area (Å²) < 4.78 is 10.5. The van der Waals surface area contributed by atoms with Crippen molar-refractivity contribution in [1.82, 2.24) is 4.90 Å². The number of primary amides is 1. The van der Waals surface area contributed by atoms with E-state index in [0.29, 0.717) is 29.5 Å². The molecule has 10 nitrogen and oxygen atoms in total. The largest absolute Gasteiger partial charge is 0.483 e. The number of unbranched alkanes of at least 4 members (excludes halogenated alkanes) is 1. The van der Waals surface area contributed by atoms with Crippen molar-refractivity contribution in [3.63, 3.8) is 0 Å². The number of benzene rings is 2. The van der Waals surface area contributed by atoms with E-state index in [4.69, 9.17) is 26.8 Å². The summed E-state index contributed by atoms with van der Waals surface area (Å²) >= 11 is 6.76. The van der Waals surface area contributed by atoms with Crippen LogP contribution in [0.5, 0.6) is 5.75 Å². The first kappa shape index (κ1) is 27.8. The van der Waals surface area contributed by atoms with Crippen molar-refractivity contribution < 1.29 is 33.4 Å². The van der Waals surface area contributed by atoms with Crippen LogP contribution in [0, 0.1) is 0 Å². The van der Waals surface area contributed by atoms with Gasteiger partial charge in [-0.05, 0) is 48.5 Å². The summed E-state index contributed by atoms with van der Waals surface area (Å²) in [6, 6.07) is 10.9. The first-order valence-electron chi connectivity index (χ1n) is 11.2. The highest BCUT2D eigenvalue weighted by molar-refractivity contribution is 8.18. The highest BCUT2D eigenvalue weighted by atomic mass is 35.5. The number of nitrogens with two attached hydrogens (primary N) is 1. The van der Waals surface area contributed by atoms with Crippen LogP contribution in [0.4, 0.5) is 10.5 Å². The summed E-state index contributed by atoms with van der Waals surface area (Å²) in [6.45, 7) is 1.32. The second-order valence-corrected chi connectivity index (χ2v) is 9.19. The molecule has 3 rings (SSSR count). The average Bonchev–Trinajstić information content (AvgIpc) is 3.11. The molecule has 12 heteroatoms. The molecule has 3 N–H and O–H groups in total. The molecule has 194 valence electrons. The lowest BCUT2D eigenvalue weighted by atomic mass is 10.2. The van der Waals surface area contributed by atoms with Crippen LogP contribution < -0.4 is 15.8 Å². The lowest BCUT2D eigenvalue weighted by Gasteiger charge is -2.13. The van der Waals surface area contributed by atoms with Gasteiger partial charge in [-0.25, -0.2) is 4.79 Å². The van der Waals surface area contributed by atoms with Gasteiger partial charge in [0.2, 0.25) is 5.91 Å². The Bertz CT molecular complexity index is 1260. The first-order valence-corrected chi connectivity index (χ1v) is 12.4. The van der Waals surface area contributed by atoms with E-state index in [2.05, 4.69) is 5.32 Å². The maximum absolute atomic E-state index is 12.8. The zero-order valence-electron chi connectivity index (χ0n) is 19.8. The van der Waals surface area contributed by atoms with E-state index in [0.717, 1.165) is 11.3 Å². The van der Waals surface area contributed by atoms with Crippen molar-refractivity contribution in [2.45, 2.75) is 19.8 Å². The van der Waals surface area contributed by atoms with E-state index >= 15 is 0 Å². The lowest BCUT2D eigenvalue weighted by molar-refractivity contribution is -0.127. The molecule has 37 heavy (non-hydrogen) atoms. The topological polar surface area (TPSA) is 145 Å². The van der Waals surface area contributed by atoms with Crippen LogP contribution in [0.1, 0.15) is 35.7 Å². The summed E-state index contributed by atoms with van der Waals surface area (Å²) in [7, 11) is 0. The fourth-order valence-electron chi connectivity index (χ4n) is 3.15. The SMILES string of the molecule is CCCCOC(=O)c1cc(NC(=O)CN2C(=O)S/C(=C/c3ccccc3OCC(N)=O)C2=O)ccc1Cl. The van der Waals surface area contributed by atoms with E-state index in [1.165, 1.54) is 24.3 Å². The van der Waals surface area contributed by atoms with Gasteiger partial charge in [-0.2, -0.15) is 0 Å². The van der Waals surface area contributed by atoms with Crippen molar-refractivity contribution >= 4 is 64.1 Å². The summed E-state index contributed by atoms with van der Waals surface area (Å²) in [6.07, 6.45) is 3.00. The highest BCUT2D eigenvalue weighted by Gasteiger charge is 2.36. The smallest absolute Gasteiger partial charge is 0.339 e. The Morgan fingerprint density at radius 3 is 2.65 bits per heavy atom. The molecule has 0 aromatic heterocycles. The van der Waals surface area contributed by atoms with Crippen molar-refractivity contribution in [3.8, 4) is 5.75 Å². The summed E-state index contributed by atoms with van der Waals surface area (Å²) in [5.74, 6) is -2.29. The number of carbonyl (C=O) groups excluding carboxylic acids is 5. The second kappa shape index (κ2) is 12.9. The van der Waals surface area contributed by atoms with Gasteiger partial charge in [0, 0.05) is 11.3 Å². The molecule has 0 aliphatic carbocycles. The van der Waals surface area contributed by atoms with E-state index in [9.17, 15) is 24.0 Å². The molecule has 0 unspecified atom stereocenters. The van der Waals surface area contributed by atoms with Crippen molar-refractivity contribution in [2.24, 2.45) is 5.73 Å². The number of imide groups is 1. The number of para-hydroxylation sites is 1. The number of halogens is 1. The minimum atomic E-state index is -0.665. The molecule has 1 aliphatic rings. The van der Waals surface area contributed by atoms with Gasteiger partial charge in [-0.3, -0.25) is 24.1 Å². The van der Waals surface area contributed by atoms with Crippen LogP contribution in [-0.4, -0.2) is 53.6 Å². The molecule has 2 aromatic rings. The Morgan fingerprint density at radius 2 is 1.92 bits per heavy atom. The number of ether oxygens (including phenoxy) is 2. The van der Waals surface area contributed by atoms with Gasteiger partial charge >= 0.3 is 5.97 Å². The molecule has 1 heterocycles. The molecular formula is C25H24ClN3O7S. The van der Waals surface area contributed by atoms with Crippen LogP contribution in [0.3, 0.4) is 0 Å². The van der Waals surface area contributed by atoms with Crippen LogP contribution >= 0.6 is 23.4 Å². The Kier molecular flexibility index (Phi) is 9.70. The first-order chi connectivity index (χ1) is 17.7. The Balaban J connectivity index is 1.68. The van der Waals surface area contributed by atoms with Gasteiger partial charge < -0.3 is 20.5 Å². The van der Waals surface area contributed by atoms with Gasteiger partial charge in [-0.1, -0.05) is 43.1 Å². The number of esters is 1. The molecule has 1 aliphatic heterocycles. The van der Waals surface area contributed by atoms with Crippen molar-refractivity contribution in [1.29, 1.82) is 0 Å². The van der Waals surface area contributed by atoms with E-state index < -0.39 is 35.5 Å². The minimum absolute atomic E-state index is 0.0801. The van der Waals surface area contributed by atoms with Gasteiger partial charge in [0.05, 0.1) is 22.1 Å². The number of nitrogens with one attached hydrogen (secondary N) is 1. The van der Waals surface area contributed by atoms with E-state index in [1.807, 2.05) is 6.92 Å². The predicted octanol–water partition coefficient (Wildman–Crippen LogP) is 3.84. The fraction of sp³-hybridized carbons (Fsp3) is 0.240. The molecule has 1 fully saturated rings. The number of hydrogen-bond acceptors (Lipinski definition) is 8. The third-order valence-electron chi connectivity index (χ3n) is 4.95. The summed E-state index contributed by atoms with van der Waals surface area (Å²) in [5, 5.41) is 2.09. The molecule has 0 atom stereocenters. The number of hydrogen-bond donors (Lipinski definition) is 2. The zero-order chi connectivity index (χ0) is 26.9. The summed E-state index contributed by atoms with van der Waals surface area (Å²) in [5.41, 5.74) is 5.90. The Labute approximate surface area is 222 Å². The third-order valence-corrected chi connectivity index (χ3v) is 6.19. The van der Waals surface area contributed by atoms with Crippen LogP contribution in [0.15, 0.2) is 47.4 Å². The number of anilines is 1. The van der Waals surface area contributed by atoms with Crippen LogP contribution in [0.2, 0.25) is 5.02 Å².